The highest BCUT2D eigenvalue weighted by Crippen LogP contribution is 2.16. The number of halogens is 1. The van der Waals surface area contributed by atoms with Crippen molar-refractivity contribution in [3.8, 4) is 0 Å². The van der Waals surface area contributed by atoms with Crippen molar-refractivity contribution in [2.75, 3.05) is 6.54 Å². The maximum Gasteiger partial charge on any atom is 0.126 e. The molecule has 0 aromatic heterocycles. The normalized spacial score (nSPS) is 12.4. The van der Waals surface area contributed by atoms with Gasteiger partial charge in [-0.15, -0.1) is 0 Å². The average Bonchev–Trinajstić information content (AvgIpc) is 2.43. The standard InChI is InChI=1S/C17H20FN/c1-13-8-9-16(12-17(13)18)14(2)19-11-10-15-6-4-3-5-7-15/h3-9,12,14,19H,10-11H2,1-2H3. The van der Waals surface area contributed by atoms with Crippen molar-refractivity contribution in [3.63, 3.8) is 0 Å². The Labute approximate surface area is 114 Å². The van der Waals surface area contributed by atoms with E-state index in [2.05, 4.69) is 24.4 Å². The Morgan fingerprint density at radius 2 is 1.84 bits per heavy atom. The van der Waals surface area contributed by atoms with Crippen LogP contribution < -0.4 is 5.32 Å². The molecule has 0 heterocycles. The molecular formula is C17H20FN. The summed E-state index contributed by atoms with van der Waals surface area (Å²) in [5, 5.41) is 3.43. The molecule has 2 rings (SSSR count). The van der Waals surface area contributed by atoms with Crippen LogP contribution in [0.4, 0.5) is 4.39 Å². The predicted octanol–water partition coefficient (Wildman–Crippen LogP) is 4.03. The van der Waals surface area contributed by atoms with E-state index in [0.29, 0.717) is 5.56 Å². The molecule has 1 atom stereocenters. The lowest BCUT2D eigenvalue weighted by Crippen LogP contribution is -2.21. The van der Waals surface area contributed by atoms with Gasteiger partial charge < -0.3 is 5.32 Å². The van der Waals surface area contributed by atoms with E-state index in [-0.39, 0.29) is 11.9 Å². The summed E-state index contributed by atoms with van der Waals surface area (Å²) >= 11 is 0. The van der Waals surface area contributed by atoms with E-state index in [1.165, 1.54) is 5.56 Å². The van der Waals surface area contributed by atoms with Gasteiger partial charge in [-0.05, 0) is 49.6 Å². The molecule has 0 aliphatic carbocycles. The van der Waals surface area contributed by atoms with E-state index in [9.17, 15) is 4.39 Å². The van der Waals surface area contributed by atoms with Gasteiger partial charge in [-0.25, -0.2) is 4.39 Å². The number of rotatable bonds is 5. The summed E-state index contributed by atoms with van der Waals surface area (Å²) in [5.41, 5.74) is 3.01. The van der Waals surface area contributed by atoms with Crippen LogP contribution in [0.2, 0.25) is 0 Å². The first kappa shape index (κ1) is 13.8. The molecule has 1 unspecified atom stereocenters. The Morgan fingerprint density at radius 3 is 2.53 bits per heavy atom. The molecule has 100 valence electrons. The first-order valence-corrected chi connectivity index (χ1v) is 6.70. The Morgan fingerprint density at radius 1 is 1.11 bits per heavy atom. The average molecular weight is 257 g/mol. The van der Waals surface area contributed by atoms with Crippen molar-refractivity contribution in [1.82, 2.24) is 5.32 Å². The fraction of sp³-hybridized carbons (Fsp3) is 0.294. The number of nitrogens with one attached hydrogen (secondary N) is 1. The zero-order chi connectivity index (χ0) is 13.7. The van der Waals surface area contributed by atoms with Gasteiger partial charge in [0, 0.05) is 6.04 Å². The largest absolute Gasteiger partial charge is 0.310 e. The summed E-state index contributed by atoms with van der Waals surface area (Å²) in [4.78, 5) is 0. The number of benzene rings is 2. The van der Waals surface area contributed by atoms with Crippen LogP contribution in [-0.2, 0) is 6.42 Å². The highest BCUT2D eigenvalue weighted by molar-refractivity contribution is 5.25. The van der Waals surface area contributed by atoms with E-state index in [1.54, 1.807) is 13.0 Å². The molecule has 2 heteroatoms. The Hall–Kier alpha value is -1.67. The Bertz CT molecular complexity index is 522. The zero-order valence-electron chi connectivity index (χ0n) is 11.5. The molecule has 0 amide bonds. The van der Waals surface area contributed by atoms with Crippen molar-refractivity contribution >= 4 is 0 Å². The maximum absolute atomic E-state index is 13.5. The van der Waals surface area contributed by atoms with E-state index in [1.807, 2.05) is 30.3 Å². The molecule has 0 aliphatic heterocycles. The number of hydrogen-bond donors (Lipinski definition) is 1. The topological polar surface area (TPSA) is 12.0 Å². The van der Waals surface area contributed by atoms with E-state index in [0.717, 1.165) is 18.5 Å². The smallest absolute Gasteiger partial charge is 0.126 e. The second kappa shape index (κ2) is 6.48. The van der Waals surface area contributed by atoms with Gasteiger partial charge in [-0.3, -0.25) is 0 Å². The molecule has 0 saturated carbocycles. The zero-order valence-corrected chi connectivity index (χ0v) is 11.5. The third kappa shape index (κ3) is 3.90. The summed E-state index contributed by atoms with van der Waals surface area (Å²) < 4.78 is 13.5. The molecule has 2 aromatic carbocycles. The van der Waals surface area contributed by atoms with Crippen LogP contribution in [0, 0.1) is 12.7 Å². The van der Waals surface area contributed by atoms with Crippen LogP contribution in [0.25, 0.3) is 0 Å². The van der Waals surface area contributed by atoms with Gasteiger partial charge in [0.05, 0.1) is 0 Å². The van der Waals surface area contributed by atoms with Crippen molar-refractivity contribution in [2.24, 2.45) is 0 Å². The Kier molecular flexibility index (Phi) is 4.69. The lowest BCUT2D eigenvalue weighted by Gasteiger charge is -2.15. The molecule has 0 bridgehead atoms. The molecule has 0 saturated heterocycles. The third-order valence-corrected chi connectivity index (χ3v) is 3.40. The predicted molar refractivity (Wildman–Crippen MR) is 77.7 cm³/mol. The second-order valence-corrected chi connectivity index (χ2v) is 4.92. The lowest BCUT2D eigenvalue weighted by atomic mass is 10.1. The first-order valence-electron chi connectivity index (χ1n) is 6.70. The summed E-state index contributed by atoms with van der Waals surface area (Å²) in [5.74, 6) is -0.130. The molecule has 0 fully saturated rings. The third-order valence-electron chi connectivity index (χ3n) is 3.40. The fourth-order valence-corrected chi connectivity index (χ4v) is 2.07. The first-order chi connectivity index (χ1) is 9.16. The van der Waals surface area contributed by atoms with Gasteiger partial charge in [-0.1, -0.05) is 42.5 Å². The second-order valence-electron chi connectivity index (χ2n) is 4.92. The molecule has 0 aliphatic rings. The van der Waals surface area contributed by atoms with Crippen LogP contribution in [0.1, 0.15) is 29.7 Å². The van der Waals surface area contributed by atoms with Crippen LogP contribution in [0.15, 0.2) is 48.5 Å². The molecule has 0 spiro atoms. The van der Waals surface area contributed by atoms with Crippen molar-refractivity contribution in [1.29, 1.82) is 0 Å². The summed E-state index contributed by atoms with van der Waals surface area (Å²) in [6, 6.07) is 16.0. The van der Waals surface area contributed by atoms with Gasteiger partial charge in [0.15, 0.2) is 0 Å². The minimum absolute atomic E-state index is 0.130. The van der Waals surface area contributed by atoms with Crippen molar-refractivity contribution < 1.29 is 4.39 Å². The highest BCUT2D eigenvalue weighted by atomic mass is 19.1. The van der Waals surface area contributed by atoms with Crippen molar-refractivity contribution in [3.05, 3.63) is 71.0 Å². The lowest BCUT2D eigenvalue weighted by molar-refractivity contribution is 0.565. The van der Waals surface area contributed by atoms with E-state index < -0.39 is 0 Å². The molecular weight excluding hydrogens is 237 g/mol. The minimum atomic E-state index is -0.130. The van der Waals surface area contributed by atoms with Crippen LogP contribution in [0.3, 0.4) is 0 Å². The SMILES string of the molecule is Cc1ccc(C(C)NCCc2ccccc2)cc1F. The molecule has 2 aromatic rings. The molecule has 1 nitrogen and oxygen atoms in total. The summed E-state index contributed by atoms with van der Waals surface area (Å²) in [7, 11) is 0. The van der Waals surface area contributed by atoms with Gasteiger partial charge in [0.25, 0.3) is 0 Å². The van der Waals surface area contributed by atoms with Gasteiger partial charge in [0.1, 0.15) is 5.82 Å². The van der Waals surface area contributed by atoms with Crippen LogP contribution >= 0.6 is 0 Å². The highest BCUT2D eigenvalue weighted by Gasteiger charge is 2.06. The van der Waals surface area contributed by atoms with Crippen LogP contribution in [0.5, 0.6) is 0 Å². The summed E-state index contributed by atoms with van der Waals surface area (Å²) in [6.07, 6.45) is 0.986. The number of hydrogen-bond acceptors (Lipinski definition) is 1. The minimum Gasteiger partial charge on any atom is -0.310 e. The van der Waals surface area contributed by atoms with Gasteiger partial charge >= 0.3 is 0 Å². The molecule has 19 heavy (non-hydrogen) atoms. The van der Waals surface area contributed by atoms with Gasteiger partial charge in [-0.2, -0.15) is 0 Å². The van der Waals surface area contributed by atoms with Crippen molar-refractivity contribution in [2.45, 2.75) is 26.3 Å². The van der Waals surface area contributed by atoms with Crippen LogP contribution in [-0.4, -0.2) is 6.54 Å². The molecule has 0 radical (unpaired) electrons. The molecule has 1 N–H and O–H groups in total. The maximum atomic E-state index is 13.5. The Balaban J connectivity index is 1.87. The fourth-order valence-electron chi connectivity index (χ4n) is 2.07. The van der Waals surface area contributed by atoms with Gasteiger partial charge in [0.2, 0.25) is 0 Å². The number of aryl methyl sites for hydroxylation is 1. The quantitative estimate of drug-likeness (QED) is 0.852. The summed E-state index contributed by atoms with van der Waals surface area (Å²) in [6.45, 7) is 4.74. The van der Waals surface area contributed by atoms with E-state index in [4.69, 9.17) is 0 Å². The van der Waals surface area contributed by atoms with E-state index >= 15 is 0 Å². The monoisotopic (exact) mass is 257 g/mol.